The molecular formula is C16H17ClN2O3S. The average Bonchev–Trinajstić information content (AvgIpc) is 2.51. The van der Waals surface area contributed by atoms with Crippen LogP contribution in [0.25, 0.3) is 0 Å². The van der Waals surface area contributed by atoms with Crippen LogP contribution in [0, 0.1) is 6.92 Å². The first-order chi connectivity index (χ1) is 11.0. The number of rotatable bonds is 6. The molecule has 0 bridgehead atoms. The van der Waals surface area contributed by atoms with Crippen LogP contribution in [0.2, 0.25) is 5.02 Å². The number of thioether (sulfide) groups is 1. The topological polar surface area (TPSA) is 72.0 Å². The van der Waals surface area contributed by atoms with Crippen molar-refractivity contribution in [2.45, 2.75) is 25.4 Å². The van der Waals surface area contributed by atoms with E-state index >= 15 is 0 Å². The van der Waals surface area contributed by atoms with E-state index in [1.54, 1.807) is 26.0 Å². The van der Waals surface area contributed by atoms with Crippen molar-refractivity contribution in [1.29, 1.82) is 0 Å². The molecular weight excluding hydrogens is 336 g/mol. The summed E-state index contributed by atoms with van der Waals surface area (Å²) in [4.78, 5) is 30.7. The monoisotopic (exact) mass is 352 g/mol. The SMILES string of the molecule is CCOC(=O)CSc1nc(C)c(Cc2ccc(Cl)cc2)c(=O)[nH]1. The zero-order valence-electron chi connectivity index (χ0n) is 12.9. The van der Waals surface area contributed by atoms with Crippen molar-refractivity contribution in [1.82, 2.24) is 9.97 Å². The lowest BCUT2D eigenvalue weighted by Crippen LogP contribution is -2.18. The normalized spacial score (nSPS) is 10.6. The fourth-order valence-corrected chi connectivity index (χ4v) is 2.83. The van der Waals surface area contributed by atoms with Gasteiger partial charge in [0.2, 0.25) is 0 Å². The van der Waals surface area contributed by atoms with Gasteiger partial charge in [0.05, 0.1) is 12.4 Å². The molecule has 1 N–H and O–H groups in total. The highest BCUT2D eigenvalue weighted by atomic mass is 35.5. The van der Waals surface area contributed by atoms with Gasteiger partial charge in [-0.05, 0) is 31.5 Å². The van der Waals surface area contributed by atoms with Crippen LogP contribution in [0.15, 0.2) is 34.2 Å². The van der Waals surface area contributed by atoms with Crippen molar-refractivity contribution < 1.29 is 9.53 Å². The molecule has 23 heavy (non-hydrogen) atoms. The number of benzene rings is 1. The number of aromatic nitrogens is 2. The lowest BCUT2D eigenvalue weighted by atomic mass is 10.1. The smallest absolute Gasteiger partial charge is 0.316 e. The van der Waals surface area contributed by atoms with Crippen molar-refractivity contribution in [3.8, 4) is 0 Å². The van der Waals surface area contributed by atoms with E-state index in [-0.39, 0.29) is 17.3 Å². The first-order valence-corrected chi connectivity index (χ1v) is 8.48. The van der Waals surface area contributed by atoms with Gasteiger partial charge >= 0.3 is 5.97 Å². The first kappa shape index (κ1) is 17.6. The molecule has 7 heteroatoms. The Morgan fingerprint density at radius 2 is 2.04 bits per heavy atom. The van der Waals surface area contributed by atoms with E-state index in [1.165, 1.54) is 0 Å². The van der Waals surface area contributed by atoms with Gasteiger partial charge in [0, 0.05) is 22.7 Å². The molecule has 0 aliphatic carbocycles. The summed E-state index contributed by atoms with van der Waals surface area (Å²) < 4.78 is 4.85. The number of aryl methyl sites for hydroxylation is 1. The summed E-state index contributed by atoms with van der Waals surface area (Å²) in [6, 6.07) is 7.34. The number of carbonyl (C=O) groups excluding carboxylic acids is 1. The number of H-pyrrole nitrogens is 1. The summed E-state index contributed by atoms with van der Waals surface area (Å²) in [5, 5.41) is 1.07. The molecule has 2 rings (SSSR count). The fraction of sp³-hybridized carbons (Fsp3) is 0.312. The van der Waals surface area contributed by atoms with Crippen LogP contribution < -0.4 is 5.56 Å². The number of ether oxygens (including phenoxy) is 1. The molecule has 1 aromatic carbocycles. The maximum atomic E-state index is 12.3. The molecule has 1 aromatic heterocycles. The minimum Gasteiger partial charge on any atom is -0.465 e. The van der Waals surface area contributed by atoms with Gasteiger partial charge in [0.25, 0.3) is 5.56 Å². The lowest BCUT2D eigenvalue weighted by molar-refractivity contribution is -0.139. The first-order valence-electron chi connectivity index (χ1n) is 7.12. The van der Waals surface area contributed by atoms with Gasteiger partial charge in [0.1, 0.15) is 0 Å². The van der Waals surface area contributed by atoms with E-state index in [4.69, 9.17) is 16.3 Å². The Balaban J connectivity index is 2.12. The zero-order valence-corrected chi connectivity index (χ0v) is 14.5. The second kappa shape index (κ2) is 8.17. The Morgan fingerprint density at radius 3 is 2.65 bits per heavy atom. The van der Waals surface area contributed by atoms with Crippen molar-refractivity contribution >= 4 is 29.3 Å². The van der Waals surface area contributed by atoms with Crippen LogP contribution in [0.1, 0.15) is 23.7 Å². The molecule has 122 valence electrons. The molecule has 0 saturated heterocycles. The molecule has 1 heterocycles. The number of nitrogens with zero attached hydrogens (tertiary/aromatic N) is 1. The van der Waals surface area contributed by atoms with E-state index < -0.39 is 0 Å². The van der Waals surface area contributed by atoms with Crippen molar-refractivity contribution in [2.75, 3.05) is 12.4 Å². The molecule has 0 amide bonds. The zero-order chi connectivity index (χ0) is 16.8. The average molecular weight is 353 g/mol. The van der Waals surface area contributed by atoms with E-state index in [1.807, 2.05) is 12.1 Å². The van der Waals surface area contributed by atoms with Gasteiger partial charge in [-0.1, -0.05) is 35.5 Å². The van der Waals surface area contributed by atoms with E-state index in [0.29, 0.717) is 34.5 Å². The maximum Gasteiger partial charge on any atom is 0.316 e. The van der Waals surface area contributed by atoms with Crippen molar-refractivity contribution in [3.63, 3.8) is 0 Å². The van der Waals surface area contributed by atoms with E-state index in [9.17, 15) is 9.59 Å². The maximum absolute atomic E-state index is 12.3. The molecule has 0 aliphatic rings. The van der Waals surface area contributed by atoms with Gasteiger partial charge in [-0.15, -0.1) is 0 Å². The van der Waals surface area contributed by atoms with Crippen molar-refractivity contribution in [3.05, 3.63) is 56.5 Å². The predicted molar refractivity (Wildman–Crippen MR) is 91.2 cm³/mol. The molecule has 0 unspecified atom stereocenters. The van der Waals surface area contributed by atoms with Crippen LogP contribution in [-0.4, -0.2) is 28.3 Å². The van der Waals surface area contributed by atoms with Crippen LogP contribution >= 0.6 is 23.4 Å². The number of esters is 1. The Kier molecular flexibility index (Phi) is 6.24. The summed E-state index contributed by atoms with van der Waals surface area (Å²) in [7, 11) is 0. The van der Waals surface area contributed by atoms with E-state index in [2.05, 4.69) is 9.97 Å². The molecule has 0 spiro atoms. The third kappa shape index (κ3) is 5.11. The number of aromatic amines is 1. The van der Waals surface area contributed by atoms with Crippen LogP contribution in [-0.2, 0) is 16.0 Å². The lowest BCUT2D eigenvalue weighted by Gasteiger charge is -2.07. The molecule has 0 fully saturated rings. The number of carbonyl (C=O) groups is 1. The number of hydrogen-bond acceptors (Lipinski definition) is 5. The summed E-state index contributed by atoms with van der Waals surface area (Å²) in [5.74, 6) is -0.213. The molecule has 2 aromatic rings. The Bertz CT molecular complexity index is 744. The van der Waals surface area contributed by atoms with Gasteiger partial charge in [-0.2, -0.15) is 0 Å². The molecule has 0 aliphatic heterocycles. The Morgan fingerprint density at radius 1 is 1.35 bits per heavy atom. The van der Waals surface area contributed by atoms with Gasteiger partial charge in [0.15, 0.2) is 5.16 Å². The van der Waals surface area contributed by atoms with Gasteiger partial charge < -0.3 is 9.72 Å². The predicted octanol–water partition coefficient (Wildman–Crippen LogP) is 2.98. The minimum atomic E-state index is -0.331. The van der Waals surface area contributed by atoms with Crippen molar-refractivity contribution in [2.24, 2.45) is 0 Å². The highest BCUT2D eigenvalue weighted by Crippen LogP contribution is 2.16. The third-order valence-electron chi connectivity index (χ3n) is 3.13. The molecule has 0 radical (unpaired) electrons. The largest absolute Gasteiger partial charge is 0.465 e. The van der Waals surface area contributed by atoms with Crippen LogP contribution in [0.3, 0.4) is 0 Å². The summed E-state index contributed by atoms with van der Waals surface area (Å²) in [6.07, 6.45) is 0.480. The standard InChI is InChI=1S/C16H17ClN2O3S/c1-3-22-14(20)9-23-16-18-10(2)13(15(21)19-16)8-11-4-6-12(17)7-5-11/h4-7H,3,8-9H2,1-2H3,(H,18,19,21). The van der Waals surface area contributed by atoms with Crippen LogP contribution in [0.4, 0.5) is 0 Å². The number of halogens is 1. The second-order valence-corrected chi connectivity index (χ2v) is 6.23. The van der Waals surface area contributed by atoms with Gasteiger partial charge in [-0.3, -0.25) is 9.59 Å². The molecule has 5 nitrogen and oxygen atoms in total. The number of hydrogen-bond donors (Lipinski definition) is 1. The third-order valence-corrected chi connectivity index (χ3v) is 4.23. The Hall–Kier alpha value is -1.79. The number of nitrogens with one attached hydrogen (secondary N) is 1. The highest BCUT2D eigenvalue weighted by molar-refractivity contribution is 7.99. The second-order valence-electron chi connectivity index (χ2n) is 4.83. The summed E-state index contributed by atoms with van der Waals surface area (Å²) in [5.41, 5.74) is 2.04. The van der Waals surface area contributed by atoms with Gasteiger partial charge in [-0.25, -0.2) is 4.98 Å². The highest BCUT2D eigenvalue weighted by Gasteiger charge is 2.11. The summed E-state index contributed by atoms with van der Waals surface area (Å²) >= 11 is 7.02. The van der Waals surface area contributed by atoms with Crippen LogP contribution in [0.5, 0.6) is 0 Å². The fourth-order valence-electron chi connectivity index (χ4n) is 2.00. The van der Waals surface area contributed by atoms with E-state index in [0.717, 1.165) is 17.3 Å². The summed E-state index contributed by atoms with van der Waals surface area (Å²) in [6.45, 7) is 3.87. The quantitative estimate of drug-likeness (QED) is 0.491. The minimum absolute atomic E-state index is 0.118. The molecule has 0 atom stereocenters. The molecule has 0 saturated carbocycles. The Labute approximate surface area is 143 Å².